The molecule has 19 heavy (non-hydrogen) atoms. The maximum absolute atomic E-state index is 11.9. The molecule has 2 rings (SSSR count). The second-order valence-corrected chi connectivity index (χ2v) is 5.27. The normalized spacial score (nSPS) is 18.8. The topological polar surface area (TPSA) is 66.8 Å². The van der Waals surface area contributed by atoms with E-state index in [1.165, 1.54) is 7.11 Å². The standard InChI is InChI=1S/C13H14BrNO4/c1-19-13(18)9-2-3-11(10(14)5-9)15-6-8(7-16)4-12(15)17/h2-3,5,8,16H,4,6-7H2,1H3. The molecule has 1 aliphatic rings. The van der Waals surface area contributed by atoms with E-state index in [9.17, 15) is 9.59 Å². The Labute approximate surface area is 119 Å². The number of hydrogen-bond donors (Lipinski definition) is 1. The van der Waals surface area contributed by atoms with Gasteiger partial charge in [-0.2, -0.15) is 0 Å². The highest BCUT2D eigenvalue weighted by Gasteiger charge is 2.31. The Morgan fingerprint density at radius 2 is 2.32 bits per heavy atom. The van der Waals surface area contributed by atoms with E-state index in [0.717, 1.165) is 0 Å². The fourth-order valence-electron chi connectivity index (χ4n) is 2.11. The molecule has 1 heterocycles. The third kappa shape index (κ3) is 2.79. The minimum atomic E-state index is -0.423. The van der Waals surface area contributed by atoms with Crippen molar-refractivity contribution in [3.63, 3.8) is 0 Å². The molecule has 1 N–H and O–H groups in total. The fraction of sp³-hybridized carbons (Fsp3) is 0.385. The number of benzene rings is 1. The van der Waals surface area contributed by atoms with Crippen LogP contribution in [0.2, 0.25) is 0 Å². The van der Waals surface area contributed by atoms with Gasteiger partial charge in [0.2, 0.25) is 5.91 Å². The first-order valence-electron chi connectivity index (χ1n) is 5.86. The van der Waals surface area contributed by atoms with Crippen LogP contribution in [0.4, 0.5) is 5.69 Å². The number of nitrogens with zero attached hydrogens (tertiary/aromatic N) is 1. The second kappa shape index (κ2) is 5.71. The number of halogens is 1. The lowest BCUT2D eigenvalue weighted by atomic mass is 10.1. The number of carbonyl (C=O) groups is 2. The first-order valence-corrected chi connectivity index (χ1v) is 6.65. The Bertz CT molecular complexity index is 517. The zero-order valence-electron chi connectivity index (χ0n) is 10.4. The summed E-state index contributed by atoms with van der Waals surface area (Å²) in [6.07, 6.45) is 0.349. The number of esters is 1. The first kappa shape index (κ1) is 14.0. The molecule has 1 saturated heterocycles. The summed E-state index contributed by atoms with van der Waals surface area (Å²) in [6.45, 7) is 0.492. The molecule has 1 unspecified atom stereocenters. The van der Waals surface area contributed by atoms with Gasteiger partial charge in [0.15, 0.2) is 0 Å². The molecule has 0 saturated carbocycles. The molecule has 0 bridgehead atoms. The van der Waals surface area contributed by atoms with E-state index in [4.69, 9.17) is 5.11 Å². The number of anilines is 1. The highest BCUT2D eigenvalue weighted by Crippen LogP contribution is 2.32. The number of hydrogen-bond acceptors (Lipinski definition) is 4. The number of ether oxygens (including phenoxy) is 1. The number of rotatable bonds is 3. The van der Waals surface area contributed by atoms with Gasteiger partial charge in [-0.05, 0) is 34.1 Å². The Balaban J connectivity index is 2.27. The van der Waals surface area contributed by atoms with Crippen LogP contribution >= 0.6 is 15.9 Å². The van der Waals surface area contributed by atoms with E-state index in [1.54, 1.807) is 23.1 Å². The van der Waals surface area contributed by atoms with Crippen LogP contribution in [-0.4, -0.2) is 37.2 Å². The van der Waals surface area contributed by atoms with Crippen molar-refractivity contribution in [2.24, 2.45) is 5.92 Å². The van der Waals surface area contributed by atoms with E-state index in [0.29, 0.717) is 28.7 Å². The fourth-order valence-corrected chi connectivity index (χ4v) is 2.70. The number of carbonyl (C=O) groups excluding carboxylic acids is 2. The van der Waals surface area contributed by atoms with Crippen LogP contribution in [0.25, 0.3) is 0 Å². The van der Waals surface area contributed by atoms with Crippen LogP contribution in [0.3, 0.4) is 0 Å². The molecule has 1 aromatic carbocycles. The summed E-state index contributed by atoms with van der Waals surface area (Å²) in [7, 11) is 1.32. The quantitative estimate of drug-likeness (QED) is 0.856. The SMILES string of the molecule is COC(=O)c1ccc(N2CC(CO)CC2=O)c(Br)c1. The maximum Gasteiger partial charge on any atom is 0.337 e. The van der Waals surface area contributed by atoms with E-state index in [-0.39, 0.29) is 18.4 Å². The van der Waals surface area contributed by atoms with Crippen LogP contribution in [0, 0.1) is 5.92 Å². The van der Waals surface area contributed by atoms with Gasteiger partial charge in [0.1, 0.15) is 0 Å². The van der Waals surface area contributed by atoms with Gasteiger partial charge in [0.05, 0.1) is 18.4 Å². The van der Waals surface area contributed by atoms with Gasteiger partial charge in [0, 0.05) is 30.0 Å². The molecular formula is C13H14BrNO4. The Hall–Kier alpha value is -1.40. The van der Waals surface area contributed by atoms with Crippen molar-refractivity contribution >= 4 is 33.5 Å². The van der Waals surface area contributed by atoms with Crippen molar-refractivity contribution in [2.75, 3.05) is 25.2 Å². The van der Waals surface area contributed by atoms with Gasteiger partial charge in [-0.1, -0.05) is 0 Å². The molecule has 1 aliphatic heterocycles. The van der Waals surface area contributed by atoms with Gasteiger partial charge < -0.3 is 14.7 Å². The van der Waals surface area contributed by atoms with Gasteiger partial charge in [0.25, 0.3) is 0 Å². The van der Waals surface area contributed by atoms with Gasteiger partial charge in [-0.3, -0.25) is 4.79 Å². The molecule has 1 fully saturated rings. The predicted molar refractivity (Wildman–Crippen MR) is 73.0 cm³/mol. The van der Waals surface area contributed by atoms with Crippen molar-refractivity contribution in [1.82, 2.24) is 0 Å². The molecule has 1 amide bonds. The van der Waals surface area contributed by atoms with Crippen LogP contribution < -0.4 is 4.90 Å². The minimum Gasteiger partial charge on any atom is -0.465 e. The summed E-state index contributed by atoms with van der Waals surface area (Å²) in [5, 5.41) is 9.11. The monoisotopic (exact) mass is 327 g/mol. The van der Waals surface area contributed by atoms with Crippen molar-refractivity contribution in [3.8, 4) is 0 Å². The number of aliphatic hydroxyl groups excluding tert-OH is 1. The average molecular weight is 328 g/mol. The van der Waals surface area contributed by atoms with Crippen molar-refractivity contribution in [3.05, 3.63) is 28.2 Å². The highest BCUT2D eigenvalue weighted by molar-refractivity contribution is 9.10. The molecular weight excluding hydrogens is 314 g/mol. The lowest BCUT2D eigenvalue weighted by Crippen LogP contribution is -2.25. The Kier molecular flexibility index (Phi) is 4.21. The third-order valence-corrected chi connectivity index (χ3v) is 3.76. The Morgan fingerprint density at radius 3 is 2.84 bits per heavy atom. The van der Waals surface area contributed by atoms with Crippen LogP contribution in [0.15, 0.2) is 22.7 Å². The maximum atomic E-state index is 11.9. The van der Waals surface area contributed by atoms with Crippen LogP contribution in [0.1, 0.15) is 16.8 Å². The molecule has 6 heteroatoms. The summed E-state index contributed by atoms with van der Waals surface area (Å²) < 4.78 is 5.29. The molecule has 0 aromatic heterocycles. The van der Waals surface area contributed by atoms with E-state index >= 15 is 0 Å². The molecule has 0 spiro atoms. The van der Waals surface area contributed by atoms with Crippen LogP contribution in [0.5, 0.6) is 0 Å². The number of methoxy groups -OCH3 is 1. The van der Waals surface area contributed by atoms with E-state index in [1.807, 2.05) is 0 Å². The zero-order chi connectivity index (χ0) is 14.0. The van der Waals surface area contributed by atoms with E-state index < -0.39 is 5.97 Å². The minimum absolute atomic E-state index is 0.000102. The van der Waals surface area contributed by atoms with Crippen LogP contribution in [-0.2, 0) is 9.53 Å². The zero-order valence-corrected chi connectivity index (χ0v) is 12.0. The van der Waals surface area contributed by atoms with Crippen molar-refractivity contribution in [2.45, 2.75) is 6.42 Å². The first-order chi connectivity index (χ1) is 9.06. The second-order valence-electron chi connectivity index (χ2n) is 4.41. The smallest absolute Gasteiger partial charge is 0.337 e. The molecule has 0 aliphatic carbocycles. The summed E-state index contributed by atoms with van der Waals surface area (Å²) in [5.41, 5.74) is 1.12. The number of amides is 1. The van der Waals surface area contributed by atoms with Crippen molar-refractivity contribution < 1.29 is 19.4 Å². The van der Waals surface area contributed by atoms with Gasteiger partial charge in [-0.15, -0.1) is 0 Å². The van der Waals surface area contributed by atoms with Crippen molar-refractivity contribution in [1.29, 1.82) is 0 Å². The molecule has 0 radical (unpaired) electrons. The molecule has 5 nitrogen and oxygen atoms in total. The molecule has 1 aromatic rings. The summed E-state index contributed by atoms with van der Waals surface area (Å²) in [6, 6.07) is 4.94. The predicted octanol–water partition coefficient (Wildman–Crippen LogP) is 1.58. The highest BCUT2D eigenvalue weighted by atomic mass is 79.9. The summed E-state index contributed by atoms with van der Waals surface area (Å²) >= 11 is 3.36. The van der Waals surface area contributed by atoms with Gasteiger partial charge >= 0.3 is 5.97 Å². The summed E-state index contributed by atoms with van der Waals surface area (Å²) in [5.74, 6) is -0.474. The summed E-state index contributed by atoms with van der Waals surface area (Å²) in [4.78, 5) is 24.9. The van der Waals surface area contributed by atoms with Gasteiger partial charge in [-0.25, -0.2) is 4.79 Å². The lowest BCUT2D eigenvalue weighted by Gasteiger charge is -2.18. The lowest BCUT2D eigenvalue weighted by molar-refractivity contribution is -0.117. The number of aliphatic hydroxyl groups is 1. The third-order valence-electron chi connectivity index (χ3n) is 3.12. The average Bonchev–Trinajstić information content (AvgIpc) is 2.79. The molecule has 1 atom stereocenters. The van der Waals surface area contributed by atoms with E-state index in [2.05, 4.69) is 20.7 Å². The molecule has 102 valence electrons. The Morgan fingerprint density at radius 1 is 1.58 bits per heavy atom. The largest absolute Gasteiger partial charge is 0.465 e.